The number of carboxylic acids is 1. The molecule has 25 heavy (non-hydrogen) atoms. The number of hydrogen-bond acceptors (Lipinski definition) is 4. The number of halogens is 1. The van der Waals surface area contributed by atoms with Gasteiger partial charge < -0.3 is 10.0 Å². The molecule has 1 aliphatic rings. The third-order valence-corrected chi connectivity index (χ3v) is 4.63. The summed E-state index contributed by atoms with van der Waals surface area (Å²) in [5.41, 5.74) is 0.640. The largest absolute Gasteiger partial charge is 0.480 e. The summed E-state index contributed by atoms with van der Waals surface area (Å²) in [4.78, 5) is 29.9. The van der Waals surface area contributed by atoms with Crippen molar-refractivity contribution in [2.24, 2.45) is 0 Å². The normalized spacial score (nSPS) is 17.5. The van der Waals surface area contributed by atoms with Crippen molar-refractivity contribution in [3.8, 4) is 5.69 Å². The van der Waals surface area contributed by atoms with Crippen LogP contribution in [-0.2, 0) is 11.2 Å². The van der Waals surface area contributed by atoms with Gasteiger partial charge in [0, 0.05) is 13.0 Å². The number of para-hydroxylation sites is 1. The first-order valence-electron chi connectivity index (χ1n) is 8.27. The summed E-state index contributed by atoms with van der Waals surface area (Å²) in [6, 6.07) is 6.36. The highest BCUT2D eigenvalue weighted by Gasteiger charge is 2.34. The minimum Gasteiger partial charge on any atom is -0.480 e. The van der Waals surface area contributed by atoms with Gasteiger partial charge in [0.15, 0.2) is 0 Å². The second kappa shape index (κ2) is 7.23. The SMILES string of the molecule is CCc1nc(C(=O)N2CCCC[C@@H]2C(=O)O)nn1-c1ccccc1Cl. The number of aliphatic carboxylic acids is 1. The van der Waals surface area contributed by atoms with E-state index in [0.717, 1.165) is 12.8 Å². The molecular weight excluding hydrogens is 344 g/mol. The molecule has 3 rings (SSSR count). The van der Waals surface area contributed by atoms with E-state index in [2.05, 4.69) is 10.1 Å². The van der Waals surface area contributed by atoms with Crippen LogP contribution in [0.25, 0.3) is 5.69 Å². The Bertz CT molecular complexity index is 805. The first-order valence-corrected chi connectivity index (χ1v) is 8.65. The van der Waals surface area contributed by atoms with Crippen LogP contribution in [0.15, 0.2) is 24.3 Å². The van der Waals surface area contributed by atoms with Crippen molar-refractivity contribution in [1.82, 2.24) is 19.7 Å². The molecule has 1 aromatic heterocycles. The molecule has 7 nitrogen and oxygen atoms in total. The molecule has 1 amide bonds. The molecule has 1 aromatic carbocycles. The van der Waals surface area contributed by atoms with Crippen molar-refractivity contribution in [2.45, 2.75) is 38.6 Å². The van der Waals surface area contributed by atoms with Gasteiger partial charge in [0.2, 0.25) is 5.82 Å². The summed E-state index contributed by atoms with van der Waals surface area (Å²) in [5.74, 6) is -0.841. The standard InChI is InChI=1S/C17H19ClN4O3/c1-2-14-19-15(20-22(14)12-8-4-3-7-11(12)18)16(23)21-10-6-5-9-13(21)17(24)25/h3-4,7-8,13H,2,5-6,9-10H2,1H3,(H,24,25)/t13-/m1/s1. The average Bonchev–Trinajstić information content (AvgIpc) is 3.05. The number of aromatic nitrogens is 3. The summed E-state index contributed by atoms with van der Waals surface area (Å²) >= 11 is 6.23. The monoisotopic (exact) mass is 362 g/mol. The highest BCUT2D eigenvalue weighted by Crippen LogP contribution is 2.23. The number of carbonyl (C=O) groups excluding carboxylic acids is 1. The number of carboxylic acid groups (broad SMARTS) is 1. The maximum absolute atomic E-state index is 12.8. The fourth-order valence-corrected chi connectivity index (χ4v) is 3.26. The lowest BCUT2D eigenvalue weighted by Gasteiger charge is -2.31. The van der Waals surface area contributed by atoms with E-state index in [1.54, 1.807) is 16.8 Å². The fourth-order valence-electron chi connectivity index (χ4n) is 3.04. The molecule has 1 saturated heterocycles. The van der Waals surface area contributed by atoms with Crippen LogP contribution < -0.4 is 0 Å². The van der Waals surface area contributed by atoms with Gasteiger partial charge in [0.25, 0.3) is 5.91 Å². The fraction of sp³-hybridized carbons (Fsp3) is 0.412. The summed E-state index contributed by atoms with van der Waals surface area (Å²) in [7, 11) is 0. The summed E-state index contributed by atoms with van der Waals surface area (Å²) in [6.07, 6.45) is 2.59. The first kappa shape index (κ1) is 17.4. The van der Waals surface area contributed by atoms with Crippen LogP contribution in [0.4, 0.5) is 0 Å². The van der Waals surface area contributed by atoms with Crippen LogP contribution in [0.2, 0.25) is 5.02 Å². The van der Waals surface area contributed by atoms with E-state index in [9.17, 15) is 14.7 Å². The molecule has 0 radical (unpaired) electrons. The van der Waals surface area contributed by atoms with Crippen LogP contribution in [0.3, 0.4) is 0 Å². The Morgan fingerprint density at radius 2 is 2.08 bits per heavy atom. The third kappa shape index (κ3) is 3.37. The predicted molar refractivity (Wildman–Crippen MR) is 92.1 cm³/mol. The Labute approximate surface area is 150 Å². The molecule has 0 saturated carbocycles. The summed E-state index contributed by atoms with van der Waals surface area (Å²) < 4.78 is 1.55. The summed E-state index contributed by atoms with van der Waals surface area (Å²) in [5, 5.41) is 14.2. The van der Waals surface area contributed by atoms with Gasteiger partial charge in [-0.05, 0) is 31.4 Å². The van der Waals surface area contributed by atoms with Crippen LogP contribution >= 0.6 is 11.6 Å². The van der Waals surface area contributed by atoms with E-state index < -0.39 is 17.9 Å². The molecule has 1 atom stereocenters. The molecule has 0 bridgehead atoms. The van der Waals surface area contributed by atoms with Gasteiger partial charge in [-0.3, -0.25) is 4.79 Å². The quantitative estimate of drug-likeness (QED) is 0.903. The van der Waals surface area contributed by atoms with Crippen LogP contribution in [-0.4, -0.2) is 49.2 Å². The number of benzene rings is 1. The zero-order chi connectivity index (χ0) is 18.0. The second-order valence-electron chi connectivity index (χ2n) is 5.92. The number of piperidine rings is 1. The predicted octanol–water partition coefficient (Wildman–Crippen LogP) is 2.56. The van der Waals surface area contributed by atoms with Gasteiger partial charge in [0.1, 0.15) is 11.9 Å². The van der Waals surface area contributed by atoms with E-state index in [0.29, 0.717) is 35.9 Å². The molecule has 0 spiro atoms. The lowest BCUT2D eigenvalue weighted by atomic mass is 10.0. The van der Waals surface area contributed by atoms with E-state index in [1.165, 1.54) is 4.90 Å². The lowest BCUT2D eigenvalue weighted by molar-refractivity contribution is -0.143. The number of nitrogens with zero attached hydrogens (tertiary/aromatic N) is 4. The topological polar surface area (TPSA) is 88.3 Å². The van der Waals surface area contributed by atoms with Gasteiger partial charge in [-0.2, -0.15) is 0 Å². The van der Waals surface area contributed by atoms with Gasteiger partial charge in [-0.1, -0.05) is 30.7 Å². The van der Waals surface area contributed by atoms with Crippen molar-refractivity contribution in [1.29, 1.82) is 0 Å². The van der Waals surface area contributed by atoms with Crippen LogP contribution in [0.5, 0.6) is 0 Å². The number of rotatable bonds is 4. The van der Waals surface area contributed by atoms with E-state index in [1.807, 2.05) is 19.1 Å². The smallest absolute Gasteiger partial charge is 0.326 e. The van der Waals surface area contributed by atoms with Crippen LogP contribution in [0, 0.1) is 0 Å². The Kier molecular flexibility index (Phi) is 5.03. The third-order valence-electron chi connectivity index (χ3n) is 4.31. The molecule has 132 valence electrons. The van der Waals surface area contributed by atoms with Crippen molar-refractivity contribution >= 4 is 23.5 Å². The number of likely N-dealkylation sites (tertiary alicyclic amines) is 1. The zero-order valence-corrected chi connectivity index (χ0v) is 14.6. The molecule has 0 aliphatic carbocycles. The Morgan fingerprint density at radius 3 is 2.76 bits per heavy atom. The molecule has 0 unspecified atom stereocenters. The van der Waals surface area contributed by atoms with Gasteiger partial charge in [0.05, 0.1) is 10.7 Å². The number of carbonyl (C=O) groups is 2. The number of aryl methyl sites for hydroxylation is 1. The molecule has 1 fully saturated rings. The zero-order valence-electron chi connectivity index (χ0n) is 13.9. The minimum atomic E-state index is -0.991. The Hall–Kier alpha value is -2.41. The van der Waals surface area contributed by atoms with Gasteiger partial charge in [-0.25, -0.2) is 14.5 Å². The first-order chi connectivity index (χ1) is 12.0. The van der Waals surface area contributed by atoms with Crippen molar-refractivity contribution < 1.29 is 14.7 Å². The minimum absolute atomic E-state index is 0.00456. The molecule has 8 heteroatoms. The number of hydrogen-bond donors (Lipinski definition) is 1. The highest BCUT2D eigenvalue weighted by atomic mass is 35.5. The maximum atomic E-state index is 12.8. The Morgan fingerprint density at radius 1 is 1.32 bits per heavy atom. The van der Waals surface area contributed by atoms with Gasteiger partial charge in [-0.15, -0.1) is 5.10 Å². The van der Waals surface area contributed by atoms with Crippen molar-refractivity contribution in [3.63, 3.8) is 0 Å². The molecule has 1 aliphatic heterocycles. The molecule has 2 aromatic rings. The molecule has 1 N–H and O–H groups in total. The van der Waals surface area contributed by atoms with E-state index >= 15 is 0 Å². The highest BCUT2D eigenvalue weighted by molar-refractivity contribution is 6.32. The average molecular weight is 363 g/mol. The van der Waals surface area contributed by atoms with Crippen molar-refractivity contribution in [2.75, 3.05) is 6.54 Å². The Balaban J connectivity index is 1.97. The maximum Gasteiger partial charge on any atom is 0.326 e. The van der Waals surface area contributed by atoms with Crippen molar-refractivity contribution in [3.05, 3.63) is 40.9 Å². The van der Waals surface area contributed by atoms with E-state index in [-0.39, 0.29) is 5.82 Å². The summed E-state index contributed by atoms with van der Waals surface area (Å²) in [6.45, 7) is 2.31. The van der Waals surface area contributed by atoms with Gasteiger partial charge >= 0.3 is 5.97 Å². The lowest BCUT2D eigenvalue weighted by Crippen LogP contribution is -2.48. The molecular formula is C17H19ClN4O3. The van der Waals surface area contributed by atoms with Crippen LogP contribution in [0.1, 0.15) is 42.6 Å². The molecule has 2 heterocycles. The van der Waals surface area contributed by atoms with E-state index in [4.69, 9.17) is 11.6 Å². The second-order valence-corrected chi connectivity index (χ2v) is 6.32. The number of amides is 1.